The Kier molecular flexibility index (Phi) is 4.02. The molecule has 3 rings (SSSR count). The molecule has 0 saturated heterocycles. The van der Waals surface area contributed by atoms with Gasteiger partial charge in [0.1, 0.15) is 0 Å². The highest BCUT2D eigenvalue weighted by atomic mass is 14.9. The number of benzene rings is 3. The van der Waals surface area contributed by atoms with E-state index in [0.717, 1.165) is 6.54 Å². The van der Waals surface area contributed by atoms with Gasteiger partial charge in [0.05, 0.1) is 0 Å². The van der Waals surface area contributed by atoms with Crippen LogP contribution in [-0.2, 0) is 6.54 Å². The Labute approximate surface area is 126 Å². The largest absolute Gasteiger partial charge is 0.381 e. The molecule has 0 unspecified atom stereocenters. The minimum absolute atomic E-state index is 0.847. The number of anilines is 1. The Morgan fingerprint density at radius 1 is 0.667 bits per heavy atom. The predicted molar refractivity (Wildman–Crippen MR) is 90.4 cm³/mol. The Morgan fingerprint density at radius 3 is 2.00 bits per heavy atom. The normalized spacial score (nSPS) is 10.3. The number of hydrogen-bond acceptors (Lipinski definition) is 1. The molecular weight excluding hydrogens is 254 g/mol. The summed E-state index contributed by atoms with van der Waals surface area (Å²) in [6.45, 7) is 2.97. The lowest BCUT2D eigenvalue weighted by Gasteiger charge is -2.10. The minimum Gasteiger partial charge on any atom is -0.381 e. The van der Waals surface area contributed by atoms with Crippen LogP contribution in [0.3, 0.4) is 0 Å². The summed E-state index contributed by atoms with van der Waals surface area (Å²) in [7, 11) is 0. The smallest absolute Gasteiger partial charge is 0.0400 e. The van der Waals surface area contributed by atoms with E-state index in [-0.39, 0.29) is 0 Å². The topological polar surface area (TPSA) is 12.0 Å². The number of aryl methyl sites for hydroxylation is 1. The Balaban J connectivity index is 1.69. The molecule has 0 aromatic heterocycles. The van der Waals surface area contributed by atoms with Gasteiger partial charge in [0, 0.05) is 12.2 Å². The molecule has 104 valence electrons. The summed E-state index contributed by atoms with van der Waals surface area (Å²) in [5.41, 5.74) is 6.28. The van der Waals surface area contributed by atoms with Gasteiger partial charge in [0.2, 0.25) is 0 Å². The molecule has 3 aromatic rings. The first-order chi connectivity index (χ1) is 10.3. The van der Waals surface area contributed by atoms with Gasteiger partial charge in [-0.25, -0.2) is 0 Å². The lowest BCUT2D eigenvalue weighted by atomic mass is 10.0. The average molecular weight is 273 g/mol. The van der Waals surface area contributed by atoms with Crippen LogP contribution in [0.1, 0.15) is 11.1 Å². The summed E-state index contributed by atoms with van der Waals surface area (Å²) in [6, 6.07) is 27.6. The molecule has 0 aliphatic rings. The maximum Gasteiger partial charge on any atom is 0.0400 e. The van der Waals surface area contributed by atoms with Crippen molar-refractivity contribution in [2.24, 2.45) is 0 Å². The fourth-order valence-corrected chi connectivity index (χ4v) is 2.41. The molecular formula is C20H19N. The quantitative estimate of drug-likeness (QED) is 0.682. The Hall–Kier alpha value is -2.54. The first-order valence-corrected chi connectivity index (χ1v) is 7.27. The summed E-state index contributed by atoms with van der Waals surface area (Å²) >= 11 is 0. The van der Waals surface area contributed by atoms with E-state index < -0.39 is 0 Å². The molecule has 0 fully saturated rings. The first-order valence-electron chi connectivity index (χ1n) is 7.27. The maximum atomic E-state index is 3.49. The summed E-state index contributed by atoms with van der Waals surface area (Å²) in [4.78, 5) is 0. The monoisotopic (exact) mass is 273 g/mol. The van der Waals surface area contributed by atoms with Gasteiger partial charge in [0.15, 0.2) is 0 Å². The van der Waals surface area contributed by atoms with Crippen molar-refractivity contribution in [2.75, 3.05) is 5.32 Å². The van der Waals surface area contributed by atoms with Crippen molar-refractivity contribution in [1.82, 2.24) is 0 Å². The van der Waals surface area contributed by atoms with Gasteiger partial charge in [-0.1, -0.05) is 72.8 Å². The van der Waals surface area contributed by atoms with Crippen LogP contribution in [0.4, 0.5) is 5.69 Å². The molecule has 0 spiro atoms. The van der Waals surface area contributed by atoms with Crippen molar-refractivity contribution in [2.45, 2.75) is 13.5 Å². The molecule has 1 N–H and O–H groups in total. The van der Waals surface area contributed by atoms with Crippen molar-refractivity contribution in [3.8, 4) is 11.1 Å². The second kappa shape index (κ2) is 6.27. The van der Waals surface area contributed by atoms with Crippen molar-refractivity contribution < 1.29 is 0 Å². The molecule has 3 aromatic carbocycles. The maximum absolute atomic E-state index is 3.49. The third-order valence-corrected chi connectivity index (χ3v) is 3.69. The van der Waals surface area contributed by atoms with Gasteiger partial charge in [-0.05, 0) is 35.2 Å². The summed E-state index contributed by atoms with van der Waals surface area (Å²) < 4.78 is 0. The molecule has 1 heteroatoms. The Bertz CT molecular complexity index is 699. The Morgan fingerprint density at radius 2 is 1.29 bits per heavy atom. The highest BCUT2D eigenvalue weighted by Gasteiger charge is 1.99. The summed E-state index contributed by atoms with van der Waals surface area (Å²) in [5, 5.41) is 3.49. The second-order valence-electron chi connectivity index (χ2n) is 5.23. The van der Waals surface area contributed by atoms with Gasteiger partial charge in [-0.15, -0.1) is 0 Å². The zero-order valence-corrected chi connectivity index (χ0v) is 12.2. The van der Waals surface area contributed by atoms with E-state index in [2.05, 4.69) is 85.0 Å². The van der Waals surface area contributed by atoms with E-state index in [1.165, 1.54) is 27.9 Å². The van der Waals surface area contributed by atoms with Gasteiger partial charge in [-0.2, -0.15) is 0 Å². The standard InChI is InChI=1S/C20H19N/c1-16-7-5-6-10-20(16)21-15-17-11-13-19(14-12-17)18-8-3-2-4-9-18/h2-14,21H,15H2,1H3. The van der Waals surface area contributed by atoms with Gasteiger partial charge in [0.25, 0.3) is 0 Å². The SMILES string of the molecule is Cc1ccccc1NCc1ccc(-c2ccccc2)cc1. The van der Waals surface area contributed by atoms with E-state index in [9.17, 15) is 0 Å². The number of hydrogen-bond donors (Lipinski definition) is 1. The predicted octanol–water partition coefficient (Wildman–Crippen LogP) is 5.27. The molecule has 0 atom stereocenters. The number of para-hydroxylation sites is 1. The van der Waals surface area contributed by atoms with E-state index in [4.69, 9.17) is 0 Å². The van der Waals surface area contributed by atoms with Gasteiger partial charge < -0.3 is 5.32 Å². The van der Waals surface area contributed by atoms with Crippen LogP contribution in [0.15, 0.2) is 78.9 Å². The molecule has 0 bridgehead atoms. The summed E-state index contributed by atoms with van der Waals surface area (Å²) in [6.07, 6.45) is 0. The molecule has 0 saturated carbocycles. The molecule has 0 radical (unpaired) electrons. The molecule has 21 heavy (non-hydrogen) atoms. The third-order valence-electron chi connectivity index (χ3n) is 3.69. The van der Waals surface area contributed by atoms with Crippen molar-refractivity contribution in [3.05, 3.63) is 90.0 Å². The first kappa shape index (κ1) is 13.4. The fraction of sp³-hybridized carbons (Fsp3) is 0.100. The summed E-state index contributed by atoms with van der Waals surface area (Å²) in [5.74, 6) is 0. The molecule has 0 heterocycles. The van der Waals surface area contributed by atoms with Crippen LogP contribution >= 0.6 is 0 Å². The number of rotatable bonds is 4. The molecule has 0 aliphatic heterocycles. The van der Waals surface area contributed by atoms with Crippen LogP contribution in [-0.4, -0.2) is 0 Å². The molecule has 0 amide bonds. The van der Waals surface area contributed by atoms with E-state index >= 15 is 0 Å². The van der Waals surface area contributed by atoms with Crippen LogP contribution < -0.4 is 5.32 Å². The van der Waals surface area contributed by atoms with E-state index in [0.29, 0.717) is 0 Å². The van der Waals surface area contributed by atoms with Crippen LogP contribution in [0.5, 0.6) is 0 Å². The lowest BCUT2D eigenvalue weighted by molar-refractivity contribution is 1.14. The fourth-order valence-electron chi connectivity index (χ4n) is 2.41. The highest BCUT2D eigenvalue weighted by Crippen LogP contribution is 2.20. The van der Waals surface area contributed by atoms with E-state index in [1.807, 2.05) is 6.07 Å². The third kappa shape index (κ3) is 3.32. The van der Waals surface area contributed by atoms with Crippen LogP contribution in [0.25, 0.3) is 11.1 Å². The molecule has 0 aliphatic carbocycles. The van der Waals surface area contributed by atoms with Crippen molar-refractivity contribution >= 4 is 5.69 Å². The van der Waals surface area contributed by atoms with Crippen molar-refractivity contribution in [3.63, 3.8) is 0 Å². The average Bonchev–Trinajstić information content (AvgIpc) is 2.55. The zero-order chi connectivity index (χ0) is 14.5. The van der Waals surface area contributed by atoms with Gasteiger partial charge in [-0.3, -0.25) is 0 Å². The molecule has 1 nitrogen and oxygen atoms in total. The van der Waals surface area contributed by atoms with Crippen molar-refractivity contribution in [1.29, 1.82) is 0 Å². The minimum atomic E-state index is 0.847. The second-order valence-corrected chi connectivity index (χ2v) is 5.23. The lowest BCUT2D eigenvalue weighted by Crippen LogP contribution is -2.00. The highest BCUT2D eigenvalue weighted by molar-refractivity contribution is 5.63. The zero-order valence-electron chi connectivity index (χ0n) is 12.2. The van der Waals surface area contributed by atoms with E-state index in [1.54, 1.807) is 0 Å². The van der Waals surface area contributed by atoms with Gasteiger partial charge >= 0.3 is 0 Å². The van der Waals surface area contributed by atoms with Crippen LogP contribution in [0, 0.1) is 6.92 Å². The number of nitrogens with one attached hydrogen (secondary N) is 1. The van der Waals surface area contributed by atoms with Crippen LogP contribution in [0.2, 0.25) is 0 Å².